The quantitative estimate of drug-likeness (QED) is 0.440. The van der Waals surface area contributed by atoms with Crippen LogP contribution < -0.4 is 0 Å². The van der Waals surface area contributed by atoms with Crippen molar-refractivity contribution in [1.82, 2.24) is 0 Å². The molecule has 16 heavy (non-hydrogen) atoms. The third-order valence-electron chi connectivity index (χ3n) is 2.71. The third kappa shape index (κ3) is 5.57. The molecule has 0 aliphatic rings. The Morgan fingerprint density at radius 2 is 1.69 bits per heavy atom. The van der Waals surface area contributed by atoms with Crippen LogP contribution >= 0.6 is 12.6 Å². The van der Waals surface area contributed by atoms with E-state index >= 15 is 0 Å². The lowest BCUT2D eigenvalue weighted by atomic mass is 10.0. The molecular weight excluding hydrogens is 216 g/mol. The number of aryl methyl sites for hydroxylation is 3. The second kappa shape index (κ2) is 6.97. The highest BCUT2D eigenvalue weighted by atomic mass is 32.1. The molecule has 0 aromatic heterocycles. The van der Waals surface area contributed by atoms with Crippen molar-refractivity contribution in [3.8, 4) is 0 Å². The van der Waals surface area contributed by atoms with Gasteiger partial charge in [0.25, 0.3) is 0 Å². The van der Waals surface area contributed by atoms with Crippen molar-refractivity contribution >= 4 is 12.6 Å². The van der Waals surface area contributed by atoms with Crippen molar-refractivity contribution in [2.24, 2.45) is 0 Å². The topological polar surface area (TPSA) is 20.2 Å². The fourth-order valence-corrected chi connectivity index (χ4v) is 2.23. The van der Waals surface area contributed by atoms with Crippen LogP contribution in [0.5, 0.6) is 0 Å². The van der Waals surface area contributed by atoms with Gasteiger partial charge in [-0.3, -0.25) is 0 Å². The van der Waals surface area contributed by atoms with E-state index in [0.717, 1.165) is 19.3 Å². The molecule has 1 atom stereocenters. The van der Waals surface area contributed by atoms with Crippen LogP contribution in [0, 0.1) is 13.8 Å². The SMILES string of the molecule is Cc1cc(C)cc(CCCCCC(O)S)c1. The van der Waals surface area contributed by atoms with Crippen molar-refractivity contribution in [2.75, 3.05) is 0 Å². The molecule has 90 valence electrons. The molecule has 0 fully saturated rings. The normalized spacial score (nSPS) is 12.8. The monoisotopic (exact) mass is 238 g/mol. The molecule has 0 amide bonds. The largest absolute Gasteiger partial charge is 0.383 e. The van der Waals surface area contributed by atoms with Crippen molar-refractivity contribution in [3.05, 3.63) is 34.9 Å². The van der Waals surface area contributed by atoms with Gasteiger partial charge < -0.3 is 5.11 Å². The average Bonchev–Trinajstić information content (AvgIpc) is 2.15. The van der Waals surface area contributed by atoms with Crippen LogP contribution in [0.15, 0.2) is 18.2 Å². The van der Waals surface area contributed by atoms with Crippen LogP contribution in [0.3, 0.4) is 0 Å². The van der Waals surface area contributed by atoms with E-state index in [4.69, 9.17) is 5.11 Å². The van der Waals surface area contributed by atoms with Gasteiger partial charge in [-0.25, -0.2) is 0 Å². The summed E-state index contributed by atoms with van der Waals surface area (Å²) < 4.78 is 0. The van der Waals surface area contributed by atoms with Gasteiger partial charge in [-0.1, -0.05) is 42.2 Å². The Kier molecular flexibility index (Phi) is 5.93. The maximum atomic E-state index is 9.01. The van der Waals surface area contributed by atoms with Crippen molar-refractivity contribution in [2.45, 2.75) is 51.4 Å². The Balaban J connectivity index is 2.26. The Bertz CT molecular complexity index is 300. The molecule has 0 aliphatic carbocycles. The Morgan fingerprint density at radius 3 is 2.25 bits per heavy atom. The van der Waals surface area contributed by atoms with E-state index in [1.807, 2.05) is 0 Å². The van der Waals surface area contributed by atoms with E-state index in [-0.39, 0.29) is 0 Å². The summed E-state index contributed by atoms with van der Waals surface area (Å²) in [7, 11) is 0. The van der Waals surface area contributed by atoms with Gasteiger partial charge in [0.15, 0.2) is 0 Å². The zero-order valence-corrected chi connectivity index (χ0v) is 11.1. The zero-order valence-electron chi connectivity index (χ0n) is 10.2. The van der Waals surface area contributed by atoms with Gasteiger partial charge in [0, 0.05) is 0 Å². The Morgan fingerprint density at radius 1 is 1.06 bits per heavy atom. The first-order chi connectivity index (χ1) is 7.58. The molecule has 1 aromatic rings. The van der Waals surface area contributed by atoms with Gasteiger partial charge in [-0.05, 0) is 38.7 Å². The van der Waals surface area contributed by atoms with Crippen LogP contribution in [-0.2, 0) is 6.42 Å². The summed E-state index contributed by atoms with van der Waals surface area (Å²) in [5.41, 5.74) is 3.69. The third-order valence-corrected chi connectivity index (χ3v) is 2.97. The first kappa shape index (κ1) is 13.6. The zero-order chi connectivity index (χ0) is 12.0. The fourth-order valence-electron chi connectivity index (χ4n) is 2.05. The van der Waals surface area contributed by atoms with Crippen LogP contribution in [0.2, 0.25) is 0 Å². The number of rotatable bonds is 6. The minimum absolute atomic E-state index is 0.443. The second-order valence-electron chi connectivity index (χ2n) is 4.58. The molecule has 1 unspecified atom stereocenters. The van der Waals surface area contributed by atoms with E-state index in [1.165, 1.54) is 29.5 Å². The molecule has 0 bridgehead atoms. The predicted octanol–water partition coefficient (Wildman–Crippen LogP) is 3.65. The van der Waals surface area contributed by atoms with Gasteiger partial charge in [0.05, 0.1) is 5.44 Å². The molecule has 0 spiro atoms. The highest BCUT2D eigenvalue weighted by Crippen LogP contribution is 2.13. The first-order valence-electron chi connectivity index (χ1n) is 6.01. The van der Waals surface area contributed by atoms with E-state index < -0.39 is 5.44 Å². The lowest BCUT2D eigenvalue weighted by molar-refractivity contribution is 0.250. The molecule has 0 aliphatic heterocycles. The molecule has 0 heterocycles. The summed E-state index contributed by atoms with van der Waals surface area (Å²) in [5.74, 6) is 0. The molecule has 0 radical (unpaired) electrons. The van der Waals surface area contributed by atoms with Crippen LogP contribution in [-0.4, -0.2) is 10.5 Å². The van der Waals surface area contributed by atoms with E-state index in [9.17, 15) is 0 Å². The summed E-state index contributed by atoms with van der Waals surface area (Å²) in [6.07, 6.45) is 5.38. The second-order valence-corrected chi connectivity index (χ2v) is 5.17. The van der Waals surface area contributed by atoms with E-state index in [2.05, 4.69) is 44.7 Å². The van der Waals surface area contributed by atoms with Gasteiger partial charge in [0.2, 0.25) is 0 Å². The Hall–Kier alpha value is -0.470. The lowest BCUT2D eigenvalue weighted by Gasteiger charge is -2.06. The van der Waals surface area contributed by atoms with E-state index in [1.54, 1.807) is 0 Å². The van der Waals surface area contributed by atoms with Gasteiger partial charge in [-0.15, -0.1) is 12.6 Å². The number of hydrogen-bond donors (Lipinski definition) is 2. The van der Waals surface area contributed by atoms with Crippen LogP contribution in [0.25, 0.3) is 0 Å². The van der Waals surface area contributed by atoms with Gasteiger partial charge in [-0.2, -0.15) is 0 Å². The summed E-state index contributed by atoms with van der Waals surface area (Å²) in [4.78, 5) is 0. The summed E-state index contributed by atoms with van der Waals surface area (Å²) in [6, 6.07) is 6.74. The average molecular weight is 238 g/mol. The number of unbranched alkanes of at least 4 members (excludes halogenated alkanes) is 2. The smallest absolute Gasteiger partial charge is 0.0964 e. The van der Waals surface area contributed by atoms with Crippen LogP contribution in [0.1, 0.15) is 42.4 Å². The van der Waals surface area contributed by atoms with Gasteiger partial charge >= 0.3 is 0 Å². The number of aliphatic hydroxyl groups excluding tert-OH is 1. The van der Waals surface area contributed by atoms with Crippen molar-refractivity contribution < 1.29 is 5.11 Å². The Labute approximate surface area is 104 Å². The maximum absolute atomic E-state index is 9.01. The standard InChI is InChI=1S/C14H22OS/c1-11-8-12(2)10-13(9-11)6-4-3-5-7-14(15)16/h8-10,14-16H,3-7H2,1-2H3. The highest BCUT2D eigenvalue weighted by Gasteiger charge is 1.98. The molecule has 1 N–H and O–H groups in total. The van der Waals surface area contributed by atoms with E-state index in [0.29, 0.717) is 0 Å². The molecule has 1 nitrogen and oxygen atoms in total. The summed E-state index contributed by atoms with van der Waals surface area (Å²) >= 11 is 3.95. The fraction of sp³-hybridized carbons (Fsp3) is 0.571. The minimum atomic E-state index is -0.443. The molecule has 2 heteroatoms. The first-order valence-corrected chi connectivity index (χ1v) is 6.53. The van der Waals surface area contributed by atoms with Gasteiger partial charge in [0.1, 0.15) is 0 Å². The number of hydrogen-bond acceptors (Lipinski definition) is 2. The number of aliphatic hydroxyl groups is 1. The number of thiol groups is 1. The molecule has 0 saturated carbocycles. The predicted molar refractivity (Wildman–Crippen MR) is 73.1 cm³/mol. The summed E-state index contributed by atoms with van der Waals surface area (Å²) in [6.45, 7) is 4.29. The molecule has 1 aromatic carbocycles. The summed E-state index contributed by atoms with van der Waals surface area (Å²) in [5, 5.41) is 9.01. The molecule has 0 saturated heterocycles. The van der Waals surface area contributed by atoms with Crippen molar-refractivity contribution in [1.29, 1.82) is 0 Å². The van der Waals surface area contributed by atoms with Crippen molar-refractivity contribution in [3.63, 3.8) is 0 Å². The minimum Gasteiger partial charge on any atom is -0.383 e. The highest BCUT2D eigenvalue weighted by molar-refractivity contribution is 7.80. The van der Waals surface area contributed by atoms with Crippen LogP contribution in [0.4, 0.5) is 0 Å². The lowest BCUT2D eigenvalue weighted by Crippen LogP contribution is -1.95. The number of benzene rings is 1. The molecular formula is C14H22OS. The maximum Gasteiger partial charge on any atom is 0.0964 e. The molecule has 1 rings (SSSR count).